The van der Waals surface area contributed by atoms with Gasteiger partial charge in [0.15, 0.2) is 11.6 Å². The number of aliphatic imine (C=N–C) groups is 1. The molecule has 1 unspecified atom stereocenters. The van der Waals surface area contributed by atoms with E-state index in [-0.39, 0.29) is 29.2 Å². The number of terminal acetylenes is 1. The summed E-state index contributed by atoms with van der Waals surface area (Å²) >= 11 is 0. The molecule has 1 aliphatic heterocycles. The molecule has 2 heterocycles. The summed E-state index contributed by atoms with van der Waals surface area (Å²) in [6, 6.07) is 2.93. The SMILES string of the molecule is C#CC(C)Oc1cnc(C(=O)Nc2ccc(F)c([C@@]3(C(F)F)N=C(N)O[C@@H]4C[C@@H]43)c2)cn1. The molecule has 2 aromatic rings. The minimum absolute atomic E-state index is 0.0734. The molecule has 1 saturated carbocycles. The normalized spacial score (nSPS) is 24.4. The molecule has 4 rings (SSSR count). The number of nitrogens with one attached hydrogen (secondary N) is 1. The summed E-state index contributed by atoms with van der Waals surface area (Å²) in [6.07, 6.45) is 3.76. The number of carbonyl (C=O) groups is 1. The molecule has 4 atom stereocenters. The lowest BCUT2D eigenvalue weighted by Crippen LogP contribution is -2.43. The van der Waals surface area contributed by atoms with Crippen LogP contribution in [0, 0.1) is 24.1 Å². The summed E-state index contributed by atoms with van der Waals surface area (Å²) in [5.41, 5.74) is 3.00. The van der Waals surface area contributed by atoms with Crippen molar-refractivity contribution in [3.05, 3.63) is 47.7 Å². The molecule has 32 heavy (non-hydrogen) atoms. The number of ether oxygens (including phenoxy) is 2. The van der Waals surface area contributed by atoms with Crippen LogP contribution in [0.25, 0.3) is 0 Å². The van der Waals surface area contributed by atoms with E-state index in [2.05, 4.69) is 26.2 Å². The van der Waals surface area contributed by atoms with Crippen molar-refractivity contribution in [1.82, 2.24) is 9.97 Å². The topological polar surface area (TPSA) is 112 Å². The Morgan fingerprint density at radius 1 is 1.41 bits per heavy atom. The van der Waals surface area contributed by atoms with Gasteiger partial charge in [-0.05, 0) is 31.5 Å². The summed E-state index contributed by atoms with van der Waals surface area (Å²) in [5, 5.41) is 2.49. The molecule has 1 aliphatic carbocycles. The van der Waals surface area contributed by atoms with Crippen molar-refractivity contribution in [2.75, 3.05) is 5.32 Å². The number of amidine groups is 1. The molecular weight excluding hydrogens is 427 g/mol. The van der Waals surface area contributed by atoms with Crippen LogP contribution >= 0.6 is 0 Å². The van der Waals surface area contributed by atoms with Crippen LogP contribution in [0.5, 0.6) is 5.88 Å². The summed E-state index contributed by atoms with van der Waals surface area (Å²) in [7, 11) is 0. The number of anilines is 1. The third-order valence-corrected chi connectivity index (χ3v) is 5.25. The van der Waals surface area contributed by atoms with Crippen molar-refractivity contribution in [3.8, 4) is 18.2 Å². The largest absolute Gasteiger partial charge is 0.462 e. The van der Waals surface area contributed by atoms with Gasteiger partial charge in [0, 0.05) is 17.2 Å². The number of nitrogens with zero attached hydrogens (tertiary/aromatic N) is 3. The van der Waals surface area contributed by atoms with E-state index in [0.717, 1.165) is 18.3 Å². The highest BCUT2D eigenvalue weighted by atomic mass is 19.3. The third-order valence-electron chi connectivity index (χ3n) is 5.25. The first kappa shape index (κ1) is 21.4. The van der Waals surface area contributed by atoms with Crippen LogP contribution in [-0.2, 0) is 10.3 Å². The van der Waals surface area contributed by atoms with Gasteiger partial charge in [-0.25, -0.2) is 28.1 Å². The molecule has 8 nitrogen and oxygen atoms in total. The fraction of sp³-hybridized carbons (Fsp3) is 0.333. The Balaban J connectivity index is 1.59. The van der Waals surface area contributed by atoms with Crippen molar-refractivity contribution in [1.29, 1.82) is 0 Å². The standard InChI is InChI=1S/C21H18F3N5O3/c1-3-10(2)31-17-9-26-15(8-27-17)18(30)28-11-4-5-14(22)12(6-11)21(19(23)24)13-7-16(13)32-20(25)29-21/h1,4-6,8-10,13,16,19H,7H2,2H3,(H2,25,29)(H,28,30)/t10?,13-,16+,21+/m0/s1. The van der Waals surface area contributed by atoms with Gasteiger partial charge in [-0.3, -0.25) is 4.79 Å². The molecule has 1 aromatic carbocycles. The molecule has 0 saturated heterocycles. The fourth-order valence-corrected chi connectivity index (χ4v) is 3.61. The summed E-state index contributed by atoms with van der Waals surface area (Å²) < 4.78 is 53.5. The number of alkyl halides is 2. The Labute approximate surface area is 181 Å². The predicted molar refractivity (Wildman–Crippen MR) is 108 cm³/mol. The zero-order chi connectivity index (χ0) is 23.0. The predicted octanol–water partition coefficient (Wildman–Crippen LogP) is 2.46. The molecule has 11 heteroatoms. The lowest BCUT2D eigenvalue weighted by atomic mass is 9.84. The van der Waals surface area contributed by atoms with Crippen molar-refractivity contribution >= 4 is 17.6 Å². The Kier molecular flexibility index (Phi) is 5.38. The maximum absolute atomic E-state index is 14.7. The van der Waals surface area contributed by atoms with E-state index in [0.29, 0.717) is 0 Å². The number of benzene rings is 1. The molecule has 3 N–H and O–H groups in total. The Bertz CT molecular complexity index is 1120. The average Bonchev–Trinajstić information content (AvgIpc) is 3.54. The second-order valence-corrected chi connectivity index (χ2v) is 7.39. The van der Waals surface area contributed by atoms with Crippen LogP contribution in [0.1, 0.15) is 29.4 Å². The van der Waals surface area contributed by atoms with Gasteiger partial charge in [-0.1, -0.05) is 5.92 Å². The van der Waals surface area contributed by atoms with Gasteiger partial charge < -0.3 is 20.5 Å². The molecule has 0 radical (unpaired) electrons. The number of halogens is 3. The lowest BCUT2D eigenvalue weighted by molar-refractivity contribution is 0.0177. The number of fused-ring (bicyclic) bond motifs is 1. The quantitative estimate of drug-likeness (QED) is 0.661. The second-order valence-electron chi connectivity index (χ2n) is 7.39. The summed E-state index contributed by atoms with van der Waals surface area (Å²) in [5.74, 6) is 0.192. The van der Waals surface area contributed by atoms with Gasteiger partial charge in [-0.2, -0.15) is 0 Å². The maximum Gasteiger partial charge on any atom is 0.283 e. The summed E-state index contributed by atoms with van der Waals surface area (Å²) in [6.45, 7) is 1.64. The molecule has 1 aromatic heterocycles. The average molecular weight is 445 g/mol. The molecular formula is C21H18F3N5O3. The molecule has 0 spiro atoms. The van der Waals surface area contributed by atoms with Crippen molar-refractivity contribution < 1.29 is 27.4 Å². The Morgan fingerprint density at radius 2 is 2.19 bits per heavy atom. The highest BCUT2D eigenvalue weighted by Gasteiger charge is 2.64. The zero-order valence-electron chi connectivity index (χ0n) is 16.8. The van der Waals surface area contributed by atoms with E-state index in [4.69, 9.17) is 21.6 Å². The number of nitrogens with two attached hydrogens (primary N) is 1. The molecule has 0 bridgehead atoms. The van der Waals surface area contributed by atoms with Gasteiger partial charge in [-0.15, -0.1) is 6.42 Å². The number of hydrogen-bond donors (Lipinski definition) is 2. The molecule has 1 amide bonds. The minimum Gasteiger partial charge on any atom is -0.462 e. The molecule has 2 aliphatic rings. The van der Waals surface area contributed by atoms with Gasteiger partial charge in [0.2, 0.25) is 5.88 Å². The zero-order valence-corrected chi connectivity index (χ0v) is 16.8. The van der Waals surface area contributed by atoms with E-state index in [1.807, 2.05) is 0 Å². The van der Waals surface area contributed by atoms with E-state index in [1.54, 1.807) is 6.92 Å². The third kappa shape index (κ3) is 3.79. The number of aromatic nitrogens is 2. The highest BCUT2D eigenvalue weighted by Crippen LogP contribution is 2.56. The summed E-state index contributed by atoms with van der Waals surface area (Å²) in [4.78, 5) is 24.2. The van der Waals surface area contributed by atoms with E-state index in [1.165, 1.54) is 12.3 Å². The molecule has 166 valence electrons. The van der Waals surface area contributed by atoms with Crippen LogP contribution in [0.4, 0.5) is 18.9 Å². The Hall–Kier alpha value is -3.81. The first-order chi connectivity index (χ1) is 15.2. The maximum atomic E-state index is 14.7. The van der Waals surface area contributed by atoms with Crippen molar-refractivity contribution in [3.63, 3.8) is 0 Å². The van der Waals surface area contributed by atoms with Crippen molar-refractivity contribution in [2.24, 2.45) is 16.6 Å². The minimum atomic E-state index is -3.04. The van der Waals surface area contributed by atoms with Crippen LogP contribution in [-0.4, -0.2) is 40.5 Å². The lowest BCUT2D eigenvalue weighted by Gasteiger charge is -2.33. The number of rotatable bonds is 6. The van der Waals surface area contributed by atoms with E-state index >= 15 is 0 Å². The number of hydrogen-bond acceptors (Lipinski definition) is 7. The van der Waals surface area contributed by atoms with Gasteiger partial charge >= 0.3 is 0 Å². The van der Waals surface area contributed by atoms with Crippen molar-refractivity contribution in [2.45, 2.75) is 37.5 Å². The van der Waals surface area contributed by atoms with Crippen LogP contribution in [0.2, 0.25) is 0 Å². The smallest absolute Gasteiger partial charge is 0.283 e. The van der Waals surface area contributed by atoms with Gasteiger partial charge in [0.25, 0.3) is 18.4 Å². The van der Waals surface area contributed by atoms with Gasteiger partial charge in [0.05, 0.1) is 12.4 Å². The first-order valence-corrected chi connectivity index (χ1v) is 9.61. The first-order valence-electron chi connectivity index (χ1n) is 9.61. The van der Waals surface area contributed by atoms with Crippen LogP contribution < -0.4 is 15.8 Å². The van der Waals surface area contributed by atoms with Crippen LogP contribution in [0.3, 0.4) is 0 Å². The fourth-order valence-electron chi connectivity index (χ4n) is 3.61. The Morgan fingerprint density at radius 3 is 2.84 bits per heavy atom. The highest BCUT2D eigenvalue weighted by molar-refractivity contribution is 6.02. The van der Waals surface area contributed by atoms with Gasteiger partial charge in [0.1, 0.15) is 17.6 Å². The van der Waals surface area contributed by atoms with E-state index < -0.39 is 47.8 Å². The van der Waals surface area contributed by atoms with E-state index in [9.17, 15) is 18.0 Å². The monoisotopic (exact) mass is 445 g/mol. The second kappa shape index (κ2) is 8.03. The number of carbonyl (C=O) groups excluding carboxylic acids is 1. The number of amides is 1. The molecule has 1 fully saturated rings. The van der Waals surface area contributed by atoms with Crippen LogP contribution in [0.15, 0.2) is 35.6 Å².